The van der Waals surface area contributed by atoms with Crippen LogP contribution in [0.2, 0.25) is 0 Å². The van der Waals surface area contributed by atoms with Gasteiger partial charge < -0.3 is 39.3 Å². The molecule has 14 heteroatoms. The molecule has 2 aromatic rings. The van der Waals surface area contributed by atoms with E-state index in [0.717, 1.165) is 43.6 Å². The highest BCUT2D eigenvalue weighted by Crippen LogP contribution is 2.32. The van der Waals surface area contributed by atoms with E-state index in [1.54, 1.807) is 28.9 Å². The van der Waals surface area contributed by atoms with Crippen molar-refractivity contribution < 1.29 is 38.5 Å². The molecule has 6 rings (SSSR count). The van der Waals surface area contributed by atoms with Gasteiger partial charge in [-0.25, -0.2) is 9.59 Å². The number of anilines is 1. The van der Waals surface area contributed by atoms with Gasteiger partial charge in [-0.15, -0.1) is 0 Å². The van der Waals surface area contributed by atoms with Crippen LogP contribution in [0.15, 0.2) is 36.4 Å². The number of esters is 1. The van der Waals surface area contributed by atoms with Crippen molar-refractivity contribution in [1.29, 1.82) is 0 Å². The number of ether oxygens (including phenoxy) is 3. The molecule has 4 aliphatic heterocycles. The molecular formula is C39H54N6O8. The highest BCUT2D eigenvalue weighted by Gasteiger charge is 2.36. The van der Waals surface area contributed by atoms with E-state index in [0.29, 0.717) is 94.7 Å². The third-order valence-electron chi connectivity index (χ3n) is 11.1. The van der Waals surface area contributed by atoms with E-state index in [2.05, 4.69) is 15.1 Å². The number of methoxy groups -OCH3 is 1. The number of phenolic OH excluding ortho intramolecular Hbond substituents is 1. The number of benzene rings is 2. The minimum absolute atomic E-state index is 0.0145. The molecule has 1 atom stereocenters. The molecule has 288 valence electrons. The highest BCUT2D eigenvalue weighted by molar-refractivity contribution is 5.91. The van der Waals surface area contributed by atoms with E-state index in [9.17, 15) is 24.3 Å². The Bertz CT molecular complexity index is 1610. The molecule has 4 aliphatic rings. The molecule has 4 amide bonds. The number of nitrogens with zero attached hydrogens (tertiary/aromatic N) is 5. The summed E-state index contributed by atoms with van der Waals surface area (Å²) in [4.78, 5) is 62.8. The zero-order chi connectivity index (χ0) is 37.5. The average Bonchev–Trinajstić information content (AvgIpc) is 3.34. The Kier molecular flexibility index (Phi) is 12.6. The smallest absolute Gasteiger partial charge is 0.410 e. The van der Waals surface area contributed by atoms with Crippen LogP contribution in [0.3, 0.4) is 0 Å². The lowest BCUT2D eigenvalue weighted by Gasteiger charge is -2.43. The Hall–Kier alpha value is -4.56. The maximum absolute atomic E-state index is 14.2. The quantitative estimate of drug-likeness (QED) is 0.349. The van der Waals surface area contributed by atoms with E-state index in [4.69, 9.17) is 14.2 Å². The first-order valence-electron chi connectivity index (χ1n) is 19.0. The molecule has 0 saturated carbocycles. The topological polar surface area (TPSA) is 144 Å². The monoisotopic (exact) mass is 734 g/mol. The number of phenols is 1. The van der Waals surface area contributed by atoms with Crippen LogP contribution in [-0.2, 0) is 31.9 Å². The first-order chi connectivity index (χ1) is 25.6. The molecule has 3 fully saturated rings. The Morgan fingerprint density at radius 3 is 2.30 bits per heavy atom. The number of aryl methyl sites for hydroxylation is 1. The first kappa shape index (κ1) is 38.2. The summed E-state index contributed by atoms with van der Waals surface area (Å²) in [5.41, 5.74) is 3.26. The molecule has 14 nitrogen and oxygen atoms in total. The minimum atomic E-state index is -1.07. The number of aromatic hydroxyl groups is 1. The van der Waals surface area contributed by atoms with Gasteiger partial charge in [0.25, 0.3) is 5.91 Å². The third kappa shape index (κ3) is 9.33. The number of rotatable bonds is 10. The second-order valence-corrected chi connectivity index (χ2v) is 14.5. The normalized spacial score (nSPS) is 19.9. The summed E-state index contributed by atoms with van der Waals surface area (Å²) in [6.07, 6.45) is 2.38. The van der Waals surface area contributed by atoms with Crippen LogP contribution in [0, 0.1) is 6.92 Å². The zero-order valence-corrected chi connectivity index (χ0v) is 31.3. The maximum Gasteiger partial charge on any atom is 0.410 e. The number of piperazine rings is 1. The Morgan fingerprint density at radius 1 is 0.906 bits per heavy atom. The number of hydrogen-bond donors (Lipinski definition) is 2. The zero-order valence-electron chi connectivity index (χ0n) is 31.3. The fraction of sp³-hybridized carbons (Fsp3) is 0.590. The molecule has 3 saturated heterocycles. The second kappa shape index (κ2) is 17.5. The number of urea groups is 1. The summed E-state index contributed by atoms with van der Waals surface area (Å²) in [5.74, 6) is -0.110. The van der Waals surface area contributed by atoms with E-state index in [-0.39, 0.29) is 36.1 Å². The van der Waals surface area contributed by atoms with Crippen molar-refractivity contribution in [1.82, 2.24) is 24.5 Å². The lowest BCUT2D eigenvalue weighted by atomic mass is 10.0. The molecule has 0 radical (unpaired) electrons. The van der Waals surface area contributed by atoms with Gasteiger partial charge in [-0.1, -0.05) is 24.3 Å². The fourth-order valence-corrected chi connectivity index (χ4v) is 8.12. The van der Waals surface area contributed by atoms with Crippen LogP contribution >= 0.6 is 0 Å². The molecule has 0 aromatic heterocycles. The molecule has 53 heavy (non-hydrogen) atoms. The van der Waals surface area contributed by atoms with Crippen molar-refractivity contribution in [2.24, 2.45) is 0 Å². The number of para-hydroxylation sites is 1. The molecular weight excluding hydrogens is 680 g/mol. The molecule has 2 aromatic carbocycles. The lowest BCUT2D eigenvalue weighted by molar-refractivity contribution is -0.144. The summed E-state index contributed by atoms with van der Waals surface area (Å²) in [5, 5.41) is 13.5. The number of likely N-dealkylation sites (tertiary alicyclic amines) is 2. The second-order valence-electron chi connectivity index (χ2n) is 14.5. The largest absolute Gasteiger partial charge is 0.504 e. The number of amides is 4. The van der Waals surface area contributed by atoms with Crippen LogP contribution in [0.4, 0.5) is 15.3 Å². The Labute approximate surface area is 311 Å². The van der Waals surface area contributed by atoms with Crippen LogP contribution in [0.1, 0.15) is 49.3 Å². The van der Waals surface area contributed by atoms with E-state index in [1.165, 1.54) is 7.11 Å². The summed E-state index contributed by atoms with van der Waals surface area (Å²) >= 11 is 0. The summed E-state index contributed by atoms with van der Waals surface area (Å²) < 4.78 is 16.5. The van der Waals surface area contributed by atoms with Gasteiger partial charge in [0.15, 0.2) is 17.6 Å². The van der Waals surface area contributed by atoms with E-state index < -0.39 is 12.2 Å². The first-order valence-corrected chi connectivity index (χ1v) is 19.0. The Morgan fingerprint density at radius 2 is 1.60 bits per heavy atom. The predicted molar refractivity (Wildman–Crippen MR) is 198 cm³/mol. The number of fused-ring (bicyclic) bond motifs is 1. The van der Waals surface area contributed by atoms with Crippen molar-refractivity contribution >= 4 is 29.7 Å². The number of carbonyl (C=O) groups is 4. The summed E-state index contributed by atoms with van der Waals surface area (Å²) in [7, 11) is 1.47. The van der Waals surface area contributed by atoms with Crippen LogP contribution < -0.4 is 10.1 Å². The van der Waals surface area contributed by atoms with E-state index >= 15 is 0 Å². The molecule has 0 bridgehead atoms. The van der Waals surface area contributed by atoms with Crippen molar-refractivity contribution in [3.63, 3.8) is 0 Å². The van der Waals surface area contributed by atoms with Crippen LogP contribution in [0.25, 0.3) is 0 Å². The van der Waals surface area contributed by atoms with Crippen LogP contribution in [-0.4, -0.2) is 151 Å². The summed E-state index contributed by atoms with van der Waals surface area (Å²) in [6, 6.07) is 11.6. The number of piperidine rings is 2. The van der Waals surface area contributed by atoms with Gasteiger partial charge in [0.2, 0.25) is 0 Å². The van der Waals surface area contributed by atoms with Crippen LogP contribution in [0.5, 0.6) is 11.5 Å². The van der Waals surface area contributed by atoms with Crippen molar-refractivity contribution in [2.45, 2.75) is 70.6 Å². The maximum atomic E-state index is 14.2. The standard InChI is InChI=1S/C39H54N6O8/c1-4-52-35(46)26-41-14-10-30(11-15-41)42-19-21-43(22-20-42)37(48)34(25-28-23-27(2)36(47)33(24-28)51-3)53-39(50)44-16-12-31(13-17-44)45-18-9-29-7-5-6-8-32(29)40-38(45)49/h5-8,23-24,30-31,34,47H,4,9-22,25-26H2,1-3H3,(H,40,49)/t34-/m1/s1. The number of nitrogens with one attached hydrogen (secondary N) is 1. The lowest BCUT2D eigenvalue weighted by Crippen LogP contribution is -2.57. The van der Waals surface area contributed by atoms with Gasteiger partial charge >= 0.3 is 18.1 Å². The van der Waals surface area contributed by atoms with Gasteiger partial charge in [-0.05, 0) is 74.8 Å². The van der Waals surface area contributed by atoms with Gasteiger partial charge in [0.1, 0.15) is 0 Å². The molecule has 0 aliphatic carbocycles. The minimum Gasteiger partial charge on any atom is -0.504 e. The number of carbonyl (C=O) groups excluding carboxylic acids is 4. The Balaban J connectivity index is 1.06. The summed E-state index contributed by atoms with van der Waals surface area (Å²) in [6.45, 7) is 9.80. The average molecular weight is 735 g/mol. The van der Waals surface area contributed by atoms with Gasteiger partial charge in [-0.3, -0.25) is 19.4 Å². The van der Waals surface area contributed by atoms with Gasteiger partial charge in [0, 0.05) is 83.1 Å². The highest BCUT2D eigenvalue weighted by atomic mass is 16.6. The van der Waals surface area contributed by atoms with Gasteiger partial charge in [0.05, 0.1) is 20.3 Å². The van der Waals surface area contributed by atoms with E-state index in [1.807, 2.05) is 36.1 Å². The number of hydrogen-bond acceptors (Lipinski definition) is 10. The molecule has 4 heterocycles. The predicted octanol–water partition coefficient (Wildman–Crippen LogP) is 3.48. The van der Waals surface area contributed by atoms with Gasteiger partial charge in [-0.2, -0.15) is 0 Å². The fourth-order valence-electron chi connectivity index (χ4n) is 8.12. The molecule has 0 unspecified atom stereocenters. The SMILES string of the molecule is CCOC(=O)CN1CCC(N2CCN(C(=O)[C@@H](Cc3cc(C)c(O)c(OC)c3)OC(=O)N3CCC(N4CCc5ccccc5NC4=O)CC3)CC2)CC1. The van der Waals surface area contributed by atoms with Crippen molar-refractivity contribution in [2.75, 3.05) is 84.5 Å². The molecule has 2 N–H and O–H groups in total. The van der Waals surface area contributed by atoms with Crippen molar-refractivity contribution in [3.8, 4) is 11.5 Å². The third-order valence-corrected chi connectivity index (χ3v) is 11.1. The molecule has 0 spiro atoms. The van der Waals surface area contributed by atoms with Crippen molar-refractivity contribution in [3.05, 3.63) is 53.1 Å².